The molecule has 8 nitrogen and oxygen atoms in total. The van der Waals surface area contributed by atoms with Crippen LogP contribution in [0.2, 0.25) is 0 Å². The van der Waals surface area contributed by atoms with Crippen molar-refractivity contribution in [2.75, 3.05) is 30.0 Å². The Kier molecular flexibility index (Phi) is 7.22. The third-order valence-corrected chi connectivity index (χ3v) is 5.44. The van der Waals surface area contributed by atoms with E-state index in [0.717, 1.165) is 10.6 Å². The molecular weight excluding hydrogens is 396 g/mol. The van der Waals surface area contributed by atoms with E-state index in [1.807, 2.05) is 0 Å². The van der Waals surface area contributed by atoms with Crippen LogP contribution in [-0.4, -0.2) is 46.8 Å². The number of nitrogens with zero attached hydrogens (tertiary/aromatic N) is 1. The molecule has 1 unspecified atom stereocenters. The Bertz CT molecular complexity index is 973. The highest BCUT2D eigenvalue weighted by Crippen LogP contribution is 2.22. The molecule has 0 saturated carbocycles. The minimum atomic E-state index is -3.37. The first-order valence-electron chi connectivity index (χ1n) is 8.86. The molecule has 2 aromatic carbocycles. The Hall–Kier alpha value is -3.07. The van der Waals surface area contributed by atoms with Crippen LogP contribution in [0, 0.1) is 0 Å². The molecule has 0 radical (unpaired) electrons. The minimum absolute atomic E-state index is 0.242. The summed E-state index contributed by atoms with van der Waals surface area (Å²) in [7, 11) is -0.649. The Morgan fingerprint density at radius 3 is 2.28 bits per heavy atom. The Morgan fingerprint density at radius 1 is 1.10 bits per heavy atom. The van der Waals surface area contributed by atoms with Gasteiger partial charge < -0.3 is 14.8 Å². The van der Waals surface area contributed by atoms with E-state index in [1.54, 1.807) is 55.5 Å². The van der Waals surface area contributed by atoms with Gasteiger partial charge in [0.15, 0.2) is 6.10 Å². The molecular formula is C20H24N2O6S. The summed E-state index contributed by atoms with van der Waals surface area (Å²) in [6.45, 7) is 1.79. The number of anilines is 2. The van der Waals surface area contributed by atoms with Crippen LogP contribution in [0.15, 0.2) is 48.5 Å². The number of carbonyl (C=O) groups excluding carboxylic acids is 2. The summed E-state index contributed by atoms with van der Waals surface area (Å²) in [4.78, 5) is 24.5. The lowest BCUT2D eigenvalue weighted by molar-refractivity contribution is -0.122. The zero-order valence-corrected chi connectivity index (χ0v) is 17.5. The Labute approximate surface area is 170 Å². The van der Waals surface area contributed by atoms with E-state index in [2.05, 4.69) is 5.32 Å². The number of esters is 1. The Morgan fingerprint density at radius 2 is 1.72 bits per heavy atom. The molecule has 0 heterocycles. The summed E-state index contributed by atoms with van der Waals surface area (Å²) in [6.07, 6.45) is 0.692. The molecule has 29 heavy (non-hydrogen) atoms. The maximum atomic E-state index is 12.6. The number of hydrogen-bond acceptors (Lipinski definition) is 6. The molecule has 9 heteroatoms. The average molecular weight is 420 g/mol. The maximum Gasteiger partial charge on any atom is 0.339 e. The summed E-state index contributed by atoms with van der Waals surface area (Å²) in [6, 6.07) is 12.9. The molecule has 1 N–H and O–H groups in total. The number of rotatable bonds is 8. The lowest BCUT2D eigenvalue weighted by atomic mass is 10.1. The van der Waals surface area contributed by atoms with Gasteiger partial charge in [0.25, 0.3) is 5.91 Å². The summed E-state index contributed by atoms with van der Waals surface area (Å²) >= 11 is 0. The van der Waals surface area contributed by atoms with Crippen LogP contribution >= 0.6 is 0 Å². The third-order valence-electron chi connectivity index (χ3n) is 4.23. The van der Waals surface area contributed by atoms with Crippen molar-refractivity contribution in [3.63, 3.8) is 0 Å². The van der Waals surface area contributed by atoms with Crippen LogP contribution in [0.1, 0.15) is 23.7 Å². The van der Waals surface area contributed by atoms with Crippen LogP contribution in [-0.2, 0) is 19.6 Å². The monoisotopic (exact) mass is 420 g/mol. The highest BCUT2D eigenvalue weighted by molar-refractivity contribution is 7.92. The van der Waals surface area contributed by atoms with Gasteiger partial charge in [-0.2, -0.15) is 0 Å². The van der Waals surface area contributed by atoms with E-state index in [-0.39, 0.29) is 5.56 Å². The van der Waals surface area contributed by atoms with E-state index in [9.17, 15) is 18.0 Å². The fourth-order valence-corrected chi connectivity index (χ4v) is 3.01. The van der Waals surface area contributed by atoms with Gasteiger partial charge in [-0.3, -0.25) is 9.10 Å². The molecule has 0 saturated heterocycles. The molecule has 0 aliphatic rings. The van der Waals surface area contributed by atoms with E-state index in [1.165, 1.54) is 14.2 Å². The number of nitrogens with one attached hydrogen (secondary N) is 1. The fraction of sp³-hybridized carbons (Fsp3) is 0.300. The van der Waals surface area contributed by atoms with Crippen molar-refractivity contribution in [3.05, 3.63) is 54.1 Å². The van der Waals surface area contributed by atoms with Crippen LogP contribution in [0.25, 0.3) is 0 Å². The number of benzene rings is 2. The van der Waals surface area contributed by atoms with Crippen molar-refractivity contribution in [1.82, 2.24) is 0 Å². The number of carbonyl (C=O) groups is 2. The quantitative estimate of drug-likeness (QED) is 0.659. The molecule has 0 bridgehead atoms. The molecule has 1 atom stereocenters. The maximum absolute atomic E-state index is 12.6. The van der Waals surface area contributed by atoms with Crippen molar-refractivity contribution in [2.24, 2.45) is 0 Å². The standard InChI is InChI=1S/C20H24N2O6S/c1-5-18(19(23)21-17-9-7-6-8-16(17)20(24)27-3)28-15-12-10-14(11-13-15)22(2)29(4,25)26/h6-13,18H,5H2,1-4H3,(H,21,23). The molecule has 1 amide bonds. The molecule has 156 valence electrons. The van der Waals surface area contributed by atoms with Crippen molar-refractivity contribution >= 4 is 33.3 Å². The summed E-state index contributed by atoms with van der Waals surface area (Å²) < 4.78 is 34.8. The number of para-hydroxylation sites is 1. The van der Waals surface area contributed by atoms with Gasteiger partial charge >= 0.3 is 5.97 Å². The second-order valence-electron chi connectivity index (χ2n) is 6.27. The number of hydrogen-bond donors (Lipinski definition) is 1. The summed E-state index contributed by atoms with van der Waals surface area (Å²) in [5.74, 6) is -0.555. The van der Waals surface area contributed by atoms with Crippen LogP contribution in [0.5, 0.6) is 5.75 Å². The van der Waals surface area contributed by atoms with Gasteiger partial charge in [0.2, 0.25) is 10.0 Å². The van der Waals surface area contributed by atoms with Crippen LogP contribution in [0.4, 0.5) is 11.4 Å². The van der Waals surface area contributed by atoms with Gasteiger partial charge in [0.1, 0.15) is 5.75 Å². The largest absolute Gasteiger partial charge is 0.481 e. The topological polar surface area (TPSA) is 102 Å². The second kappa shape index (κ2) is 9.42. The number of methoxy groups -OCH3 is 1. The first-order chi connectivity index (χ1) is 13.7. The first-order valence-corrected chi connectivity index (χ1v) is 10.7. The zero-order valence-electron chi connectivity index (χ0n) is 16.7. The summed E-state index contributed by atoms with van der Waals surface area (Å²) in [5.41, 5.74) is 1.05. The van der Waals surface area contributed by atoms with E-state index in [4.69, 9.17) is 9.47 Å². The first kappa shape index (κ1) is 22.2. The van der Waals surface area contributed by atoms with E-state index >= 15 is 0 Å². The van der Waals surface area contributed by atoms with Crippen molar-refractivity contribution in [2.45, 2.75) is 19.4 Å². The van der Waals surface area contributed by atoms with Gasteiger partial charge in [-0.25, -0.2) is 13.2 Å². The average Bonchev–Trinajstić information content (AvgIpc) is 2.71. The SMILES string of the molecule is CCC(Oc1ccc(N(C)S(C)(=O)=O)cc1)C(=O)Nc1ccccc1C(=O)OC. The highest BCUT2D eigenvalue weighted by Gasteiger charge is 2.21. The van der Waals surface area contributed by atoms with Crippen molar-refractivity contribution in [3.8, 4) is 5.75 Å². The molecule has 0 spiro atoms. The second-order valence-corrected chi connectivity index (χ2v) is 8.28. The van der Waals surface area contributed by atoms with Gasteiger partial charge in [-0.05, 0) is 42.8 Å². The normalized spacial score (nSPS) is 12.0. The summed E-state index contributed by atoms with van der Waals surface area (Å²) in [5, 5.41) is 2.69. The molecule has 0 aromatic heterocycles. The molecule has 0 aliphatic carbocycles. The van der Waals surface area contributed by atoms with Crippen molar-refractivity contribution < 1.29 is 27.5 Å². The van der Waals surface area contributed by atoms with Crippen molar-refractivity contribution in [1.29, 1.82) is 0 Å². The number of ether oxygens (including phenoxy) is 2. The molecule has 2 aromatic rings. The number of sulfonamides is 1. The predicted octanol–water partition coefficient (Wildman–Crippen LogP) is 2.67. The lowest BCUT2D eigenvalue weighted by Gasteiger charge is -2.20. The van der Waals surface area contributed by atoms with Gasteiger partial charge in [-0.15, -0.1) is 0 Å². The van der Waals surface area contributed by atoms with E-state index in [0.29, 0.717) is 23.5 Å². The van der Waals surface area contributed by atoms with Gasteiger partial charge in [0.05, 0.1) is 30.3 Å². The third kappa shape index (κ3) is 5.71. The van der Waals surface area contributed by atoms with Gasteiger partial charge in [-0.1, -0.05) is 19.1 Å². The fourth-order valence-electron chi connectivity index (χ4n) is 2.51. The van der Waals surface area contributed by atoms with Gasteiger partial charge in [0, 0.05) is 7.05 Å². The van der Waals surface area contributed by atoms with Crippen LogP contribution in [0.3, 0.4) is 0 Å². The minimum Gasteiger partial charge on any atom is -0.481 e. The molecule has 0 aliphatic heterocycles. The Balaban J connectivity index is 2.12. The predicted molar refractivity (Wildman–Crippen MR) is 111 cm³/mol. The zero-order chi connectivity index (χ0) is 21.6. The molecule has 0 fully saturated rings. The smallest absolute Gasteiger partial charge is 0.339 e. The number of amides is 1. The molecule has 2 rings (SSSR count). The highest BCUT2D eigenvalue weighted by atomic mass is 32.2. The lowest BCUT2D eigenvalue weighted by Crippen LogP contribution is -2.33. The van der Waals surface area contributed by atoms with Crippen LogP contribution < -0.4 is 14.4 Å². The van der Waals surface area contributed by atoms with E-state index < -0.39 is 28.0 Å².